The molecule has 1 fully saturated rings. The predicted octanol–water partition coefficient (Wildman–Crippen LogP) is 1.54. The van der Waals surface area contributed by atoms with Crippen molar-refractivity contribution >= 4 is 5.91 Å². The van der Waals surface area contributed by atoms with Gasteiger partial charge in [0.1, 0.15) is 0 Å². The molecule has 0 saturated carbocycles. The van der Waals surface area contributed by atoms with Gasteiger partial charge in [0.05, 0.1) is 0 Å². The van der Waals surface area contributed by atoms with Crippen LogP contribution in [0.4, 0.5) is 0 Å². The molecule has 0 bridgehead atoms. The summed E-state index contributed by atoms with van der Waals surface area (Å²) in [7, 11) is 0. The third-order valence-electron chi connectivity index (χ3n) is 3.24. The Morgan fingerprint density at radius 1 is 1.67 bits per heavy atom. The van der Waals surface area contributed by atoms with Crippen molar-refractivity contribution in [1.82, 2.24) is 4.90 Å². The molecule has 3 heteroatoms. The van der Waals surface area contributed by atoms with E-state index < -0.39 is 0 Å². The Balaban J connectivity index is 2.56. The van der Waals surface area contributed by atoms with Crippen LogP contribution < -0.4 is 5.73 Å². The summed E-state index contributed by atoms with van der Waals surface area (Å²) >= 11 is 0. The zero-order chi connectivity index (χ0) is 11.3. The largest absolute Gasteiger partial charge is 0.338 e. The van der Waals surface area contributed by atoms with Gasteiger partial charge in [0.2, 0.25) is 5.91 Å². The van der Waals surface area contributed by atoms with E-state index in [0.29, 0.717) is 18.9 Å². The Labute approximate surface area is 92.3 Å². The lowest BCUT2D eigenvalue weighted by atomic mass is 9.90. The van der Waals surface area contributed by atoms with Gasteiger partial charge in [-0.1, -0.05) is 13.0 Å². The number of amides is 1. The zero-order valence-electron chi connectivity index (χ0n) is 9.61. The molecule has 1 heterocycles. The highest BCUT2D eigenvalue weighted by atomic mass is 16.2. The standard InChI is InChI=1S/C12H22N2O/c1-3-4-7-12(15)14-8-5-6-10(2)11(14)9-13/h3,10-11H,1,4-9,13H2,2H3. The van der Waals surface area contributed by atoms with E-state index in [1.165, 1.54) is 6.42 Å². The molecule has 1 rings (SSSR count). The fourth-order valence-electron chi connectivity index (χ4n) is 2.29. The summed E-state index contributed by atoms with van der Waals surface area (Å²) in [4.78, 5) is 13.9. The molecule has 0 radical (unpaired) electrons. The number of nitrogens with zero attached hydrogens (tertiary/aromatic N) is 1. The van der Waals surface area contributed by atoms with Crippen LogP contribution >= 0.6 is 0 Å². The van der Waals surface area contributed by atoms with Crippen LogP contribution in [0.1, 0.15) is 32.6 Å². The Morgan fingerprint density at radius 3 is 3.00 bits per heavy atom. The lowest BCUT2D eigenvalue weighted by Gasteiger charge is -2.39. The number of piperidine rings is 1. The lowest BCUT2D eigenvalue weighted by molar-refractivity contribution is -0.135. The predicted molar refractivity (Wildman–Crippen MR) is 62.4 cm³/mol. The van der Waals surface area contributed by atoms with Crippen LogP contribution in [0.2, 0.25) is 0 Å². The molecule has 1 aliphatic rings. The molecule has 2 unspecified atom stereocenters. The van der Waals surface area contributed by atoms with Gasteiger partial charge in [-0.2, -0.15) is 0 Å². The Morgan fingerprint density at radius 2 is 2.40 bits per heavy atom. The first kappa shape index (κ1) is 12.2. The average molecular weight is 210 g/mol. The van der Waals surface area contributed by atoms with E-state index in [0.717, 1.165) is 19.4 Å². The van der Waals surface area contributed by atoms with E-state index in [-0.39, 0.29) is 11.9 Å². The fourth-order valence-corrected chi connectivity index (χ4v) is 2.29. The maximum atomic E-state index is 11.9. The van der Waals surface area contributed by atoms with E-state index in [4.69, 9.17) is 5.73 Å². The van der Waals surface area contributed by atoms with Gasteiger partial charge in [-0.3, -0.25) is 4.79 Å². The Hall–Kier alpha value is -0.830. The van der Waals surface area contributed by atoms with E-state index in [1.807, 2.05) is 4.90 Å². The summed E-state index contributed by atoms with van der Waals surface area (Å²) in [5.41, 5.74) is 5.74. The van der Waals surface area contributed by atoms with Gasteiger partial charge in [0.25, 0.3) is 0 Å². The molecule has 15 heavy (non-hydrogen) atoms. The van der Waals surface area contributed by atoms with Gasteiger partial charge in [0, 0.05) is 25.6 Å². The number of hydrogen-bond donors (Lipinski definition) is 1. The van der Waals surface area contributed by atoms with Gasteiger partial charge in [-0.25, -0.2) is 0 Å². The SMILES string of the molecule is C=CCCC(=O)N1CCCC(C)C1CN. The molecular formula is C12H22N2O. The highest BCUT2D eigenvalue weighted by Crippen LogP contribution is 2.23. The molecule has 0 aliphatic carbocycles. The van der Waals surface area contributed by atoms with Crippen molar-refractivity contribution in [2.75, 3.05) is 13.1 Å². The van der Waals surface area contributed by atoms with E-state index in [2.05, 4.69) is 13.5 Å². The molecule has 0 aromatic rings. The molecule has 1 amide bonds. The number of likely N-dealkylation sites (tertiary alicyclic amines) is 1. The third-order valence-corrected chi connectivity index (χ3v) is 3.24. The summed E-state index contributed by atoms with van der Waals surface area (Å²) in [6, 6.07) is 0.246. The molecule has 2 atom stereocenters. The summed E-state index contributed by atoms with van der Waals surface area (Å²) in [6.45, 7) is 7.28. The second-order valence-electron chi connectivity index (χ2n) is 4.34. The van der Waals surface area contributed by atoms with Gasteiger partial charge < -0.3 is 10.6 Å². The second kappa shape index (κ2) is 5.91. The number of carbonyl (C=O) groups excluding carboxylic acids is 1. The molecule has 2 N–H and O–H groups in total. The normalized spacial score (nSPS) is 26.4. The molecule has 0 aromatic heterocycles. The highest BCUT2D eigenvalue weighted by Gasteiger charge is 2.29. The minimum Gasteiger partial charge on any atom is -0.338 e. The number of nitrogens with two attached hydrogens (primary N) is 1. The fraction of sp³-hybridized carbons (Fsp3) is 0.750. The van der Waals surface area contributed by atoms with Gasteiger partial charge in [-0.05, 0) is 25.2 Å². The quantitative estimate of drug-likeness (QED) is 0.715. The minimum absolute atomic E-state index is 0.233. The van der Waals surface area contributed by atoms with Crippen LogP contribution in [-0.2, 0) is 4.79 Å². The van der Waals surface area contributed by atoms with Gasteiger partial charge in [-0.15, -0.1) is 6.58 Å². The van der Waals surface area contributed by atoms with Crippen molar-refractivity contribution in [3.05, 3.63) is 12.7 Å². The first-order valence-corrected chi connectivity index (χ1v) is 5.81. The summed E-state index contributed by atoms with van der Waals surface area (Å²) in [5, 5.41) is 0. The monoisotopic (exact) mass is 210 g/mol. The maximum Gasteiger partial charge on any atom is 0.223 e. The van der Waals surface area contributed by atoms with Crippen LogP contribution in [0.3, 0.4) is 0 Å². The highest BCUT2D eigenvalue weighted by molar-refractivity contribution is 5.76. The summed E-state index contributed by atoms with van der Waals surface area (Å²) in [6.07, 6.45) is 5.43. The van der Waals surface area contributed by atoms with Crippen molar-refractivity contribution < 1.29 is 4.79 Å². The van der Waals surface area contributed by atoms with Crippen LogP contribution in [-0.4, -0.2) is 29.9 Å². The van der Waals surface area contributed by atoms with Crippen molar-refractivity contribution in [3.8, 4) is 0 Å². The smallest absolute Gasteiger partial charge is 0.223 e. The van der Waals surface area contributed by atoms with Gasteiger partial charge >= 0.3 is 0 Å². The zero-order valence-corrected chi connectivity index (χ0v) is 9.61. The maximum absolute atomic E-state index is 11.9. The third kappa shape index (κ3) is 3.06. The topological polar surface area (TPSA) is 46.3 Å². The van der Waals surface area contributed by atoms with E-state index in [1.54, 1.807) is 6.08 Å². The Bertz CT molecular complexity index is 228. The molecule has 0 aromatic carbocycles. The van der Waals surface area contributed by atoms with E-state index >= 15 is 0 Å². The van der Waals surface area contributed by atoms with Gasteiger partial charge in [0.15, 0.2) is 0 Å². The van der Waals surface area contributed by atoms with Crippen LogP contribution in [0.25, 0.3) is 0 Å². The van der Waals surface area contributed by atoms with Crippen molar-refractivity contribution in [2.45, 2.75) is 38.6 Å². The molecule has 3 nitrogen and oxygen atoms in total. The van der Waals surface area contributed by atoms with Crippen molar-refractivity contribution in [2.24, 2.45) is 11.7 Å². The second-order valence-corrected chi connectivity index (χ2v) is 4.34. The minimum atomic E-state index is 0.233. The van der Waals surface area contributed by atoms with Crippen LogP contribution in [0.5, 0.6) is 0 Å². The lowest BCUT2D eigenvalue weighted by Crippen LogP contribution is -2.51. The van der Waals surface area contributed by atoms with Crippen molar-refractivity contribution in [3.63, 3.8) is 0 Å². The number of carbonyl (C=O) groups is 1. The first-order chi connectivity index (χ1) is 7.20. The van der Waals surface area contributed by atoms with Crippen molar-refractivity contribution in [1.29, 1.82) is 0 Å². The van der Waals surface area contributed by atoms with E-state index in [9.17, 15) is 4.79 Å². The first-order valence-electron chi connectivity index (χ1n) is 5.81. The van der Waals surface area contributed by atoms with Crippen LogP contribution in [0.15, 0.2) is 12.7 Å². The number of allylic oxidation sites excluding steroid dienone is 1. The number of hydrogen-bond acceptors (Lipinski definition) is 2. The summed E-state index contributed by atoms with van der Waals surface area (Å²) < 4.78 is 0. The molecule has 1 aliphatic heterocycles. The molecule has 86 valence electrons. The summed E-state index contributed by atoms with van der Waals surface area (Å²) in [5.74, 6) is 0.772. The molecular weight excluding hydrogens is 188 g/mol. The number of rotatable bonds is 4. The van der Waals surface area contributed by atoms with Crippen LogP contribution in [0, 0.1) is 5.92 Å². The molecule has 0 spiro atoms. The average Bonchev–Trinajstić information content (AvgIpc) is 2.25. The Kier molecular flexibility index (Phi) is 4.82. The molecule has 1 saturated heterocycles.